The largest absolute Gasteiger partial charge is 0.462 e. The lowest BCUT2D eigenvalue weighted by molar-refractivity contribution is -0.142. The molecule has 144 valence electrons. The predicted octanol–water partition coefficient (Wildman–Crippen LogP) is 5.12. The molecule has 0 N–H and O–H groups in total. The highest BCUT2D eigenvalue weighted by atomic mass is 16.5. The summed E-state index contributed by atoms with van der Waals surface area (Å²) in [5.74, 6) is 0.875. The number of hydrogen-bond acceptors (Lipinski definition) is 4. The van der Waals surface area contributed by atoms with Gasteiger partial charge in [-0.3, -0.25) is 9.69 Å². The van der Waals surface area contributed by atoms with Gasteiger partial charge in [0.2, 0.25) is 0 Å². The molecule has 1 aromatic heterocycles. The van der Waals surface area contributed by atoms with E-state index in [1.54, 1.807) is 0 Å². The lowest BCUT2D eigenvalue weighted by atomic mass is 10.0. The van der Waals surface area contributed by atoms with Crippen molar-refractivity contribution in [3.05, 3.63) is 84.4 Å². The normalized spacial score (nSPS) is 14.6. The molecule has 2 heterocycles. The summed E-state index contributed by atoms with van der Waals surface area (Å²) in [7, 11) is 0. The molecule has 0 spiro atoms. The Hall–Kier alpha value is -3.37. The molecular formula is C25H21NO3. The first kappa shape index (κ1) is 17.7. The number of furan rings is 1. The number of fused-ring (bicyclic) bond motifs is 1. The van der Waals surface area contributed by atoms with Crippen LogP contribution in [0, 0.1) is 0 Å². The first-order valence-electron chi connectivity index (χ1n) is 9.78. The Morgan fingerprint density at radius 3 is 2.41 bits per heavy atom. The Labute approximate surface area is 169 Å². The van der Waals surface area contributed by atoms with Crippen molar-refractivity contribution in [2.75, 3.05) is 13.1 Å². The van der Waals surface area contributed by atoms with Gasteiger partial charge in [-0.05, 0) is 34.9 Å². The Balaban J connectivity index is 1.32. The maximum Gasteiger partial charge on any atom is 0.293 e. The molecular weight excluding hydrogens is 362 g/mol. The van der Waals surface area contributed by atoms with Crippen molar-refractivity contribution < 1.29 is 13.9 Å². The van der Waals surface area contributed by atoms with Crippen molar-refractivity contribution in [2.24, 2.45) is 0 Å². The van der Waals surface area contributed by atoms with Crippen LogP contribution in [-0.2, 0) is 16.1 Å². The molecule has 0 unspecified atom stereocenters. The summed E-state index contributed by atoms with van der Waals surface area (Å²) >= 11 is 0. The summed E-state index contributed by atoms with van der Waals surface area (Å²) in [6.45, 7) is 2.99. The third-order valence-electron chi connectivity index (χ3n) is 5.44. The Morgan fingerprint density at radius 2 is 1.66 bits per heavy atom. The van der Waals surface area contributed by atoms with Gasteiger partial charge in [-0.25, -0.2) is 0 Å². The van der Waals surface area contributed by atoms with Crippen molar-refractivity contribution in [3.8, 4) is 22.5 Å². The number of carbonyl (C=O) groups excluding carboxylic acids is 1. The van der Waals surface area contributed by atoms with Crippen LogP contribution in [0.4, 0.5) is 0 Å². The average molecular weight is 383 g/mol. The van der Waals surface area contributed by atoms with E-state index in [1.165, 1.54) is 16.7 Å². The van der Waals surface area contributed by atoms with Crippen molar-refractivity contribution in [1.29, 1.82) is 0 Å². The van der Waals surface area contributed by atoms with E-state index < -0.39 is 0 Å². The zero-order chi connectivity index (χ0) is 19.6. The minimum absolute atomic E-state index is 0.0445. The number of likely N-dealkylation sites (tertiary alicyclic amines) is 1. The van der Waals surface area contributed by atoms with Gasteiger partial charge in [0.05, 0.1) is 0 Å². The van der Waals surface area contributed by atoms with Gasteiger partial charge in [0.15, 0.2) is 0 Å². The number of hydrogen-bond donors (Lipinski definition) is 0. The van der Waals surface area contributed by atoms with Crippen LogP contribution < -0.4 is 0 Å². The summed E-state index contributed by atoms with van der Waals surface area (Å²) in [4.78, 5) is 12.6. The molecule has 0 bridgehead atoms. The first-order chi connectivity index (χ1) is 14.3. The van der Waals surface area contributed by atoms with Crippen LogP contribution in [0.5, 0.6) is 0 Å². The summed E-state index contributed by atoms with van der Waals surface area (Å²) < 4.78 is 11.0. The van der Waals surface area contributed by atoms with Crippen LogP contribution >= 0.6 is 0 Å². The van der Waals surface area contributed by atoms with E-state index in [1.807, 2.05) is 12.1 Å². The molecule has 1 fully saturated rings. The maximum absolute atomic E-state index is 10.4. The van der Waals surface area contributed by atoms with Crippen LogP contribution in [0.3, 0.4) is 0 Å². The van der Waals surface area contributed by atoms with E-state index in [0.717, 1.165) is 41.9 Å². The van der Waals surface area contributed by atoms with E-state index in [0.29, 0.717) is 6.47 Å². The van der Waals surface area contributed by atoms with E-state index in [9.17, 15) is 4.79 Å². The molecule has 0 saturated carbocycles. The van der Waals surface area contributed by atoms with Crippen LogP contribution in [0.25, 0.3) is 33.4 Å². The van der Waals surface area contributed by atoms with Crippen LogP contribution in [-0.4, -0.2) is 30.6 Å². The summed E-state index contributed by atoms with van der Waals surface area (Å²) in [6.07, 6.45) is 0.0445. The van der Waals surface area contributed by atoms with E-state index in [2.05, 4.69) is 71.6 Å². The van der Waals surface area contributed by atoms with Gasteiger partial charge in [0.25, 0.3) is 6.47 Å². The van der Waals surface area contributed by atoms with Crippen LogP contribution in [0.1, 0.15) is 5.56 Å². The highest BCUT2D eigenvalue weighted by Gasteiger charge is 2.27. The van der Waals surface area contributed by atoms with E-state index in [4.69, 9.17) is 9.15 Å². The average Bonchev–Trinajstić information content (AvgIpc) is 3.17. The Kier molecular flexibility index (Phi) is 4.62. The minimum atomic E-state index is 0.0445. The van der Waals surface area contributed by atoms with Crippen molar-refractivity contribution in [2.45, 2.75) is 12.6 Å². The summed E-state index contributed by atoms with van der Waals surface area (Å²) in [5.41, 5.74) is 5.59. The molecule has 4 aromatic rings. The lowest BCUT2D eigenvalue weighted by Gasteiger charge is -2.37. The van der Waals surface area contributed by atoms with E-state index >= 15 is 0 Å². The number of rotatable bonds is 6. The number of ether oxygens (including phenoxy) is 1. The Morgan fingerprint density at radius 1 is 0.897 bits per heavy atom. The van der Waals surface area contributed by atoms with Crippen molar-refractivity contribution in [1.82, 2.24) is 4.90 Å². The third-order valence-corrected chi connectivity index (χ3v) is 5.44. The fourth-order valence-electron chi connectivity index (χ4n) is 3.84. The molecule has 4 nitrogen and oxygen atoms in total. The topological polar surface area (TPSA) is 42.7 Å². The molecule has 1 aliphatic rings. The van der Waals surface area contributed by atoms with Gasteiger partial charge in [-0.15, -0.1) is 0 Å². The van der Waals surface area contributed by atoms with E-state index in [-0.39, 0.29) is 6.10 Å². The van der Waals surface area contributed by atoms with Crippen LogP contribution in [0.2, 0.25) is 0 Å². The molecule has 0 amide bonds. The molecule has 29 heavy (non-hydrogen) atoms. The highest BCUT2D eigenvalue weighted by molar-refractivity contribution is 5.87. The minimum Gasteiger partial charge on any atom is -0.462 e. The van der Waals surface area contributed by atoms with Gasteiger partial charge in [0.1, 0.15) is 17.4 Å². The second kappa shape index (κ2) is 7.57. The van der Waals surface area contributed by atoms with Crippen molar-refractivity contribution >= 4 is 17.4 Å². The number of nitrogens with zero attached hydrogens (tertiary/aromatic N) is 1. The molecule has 1 saturated heterocycles. The highest BCUT2D eigenvalue weighted by Crippen LogP contribution is 2.31. The van der Waals surface area contributed by atoms with Gasteiger partial charge in [-0.2, -0.15) is 0 Å². The number of carbonyl (C=O) groups is 1. The van der Waals surface area contributed by atoms with Gasteiger partial charge >= 0.3 is 0 Å². The first-order valence-corrected chi connectivity index (χ1v) is 9.78. The predicted molar refractivity (Wildman–Crippen MR) is 113 cm³/mol. The zero-order valence-corrected chi connectivity index (χ0v) is 16.0. The fourth-order valence-corrected chi connectivity index (χ4v) is 3.84. The summed E-state index contributed by atoms with van der Waals surface area (Å²) in [6, 6.07) is 27.3. The van der Waals surface area contributed by atoms with Crippen LogP contribution in [0.15, 0.2) is 83.3 Å². The smallest absolute Gasteiger partial charge is 0.293 e. The summed E-state index contributed by atoms with van der Waals surface area (Å²) in [5, 5.41) is 1.10. The second-order valence-electron chi connectivity index (χ2n) is 7.47. The molecule has 0 aliphatic carbocycles. The monoisotopic (exact) mass is 383 g/mol. The lowest BCUT2D eigenvalue weighted by Crippen LogP contribution is -2.51. The molecule has 0 radical (unpaired) electrons. The standard InChI is InChI=1S/C25H21NO3/c27-17-28-23-15-26(16-23)14-18-6-8-20(9-7-18)25-13-22-12-21(10-11-24(22)29-25)19-4-2-1-3-5-19/h1-13,17,23H,14-16H2. The zero-order valence-electron chi connectivity index (χ0n) is 16.0. The molecule has 1 aliphatic heterocycles. The molecule has 4 heteroatoms. The molecule has 3 aromatic carbocycles. The Bertz CT molecular complexity index is 1130. The maximum atomic E-state index is 10.4. The second-order valence-corrected chi connectivity index (χ2v) is 7.47. The third kappa shape index (κ3) is 3.67. The SMILES string of the molecule is O=COC1CN(Cc2ccc(-c3cc4cc(-c5ccccc5)ccc4o3)cc2)C1. The van der Waals surface area contributed by atoms with Gasteiger partial charge in [-0.1, -0.05) is 60.7 Å². The fraction of sp³-hybridized carbons (Fsp3) is 0.160. The number of benzene rings is 3. The molecule has 0 atom stereocenters. The quantitative estimate of drug-likeness (QED) is 0.433. The van der Waals surface area contributed by atoms with Gasteiger partial charge in [0, 0.05) is 30.6 Å². The molecule has 5 rings (SSSR count). The van der Waals surface area contributed by atoms with Gasteiger partial charge < -0.3 is 9.15 Å². The van der Waals surface area contributed by atoms with Crippen molar-refractivity contribution in [3.63, 3.8) is 0 Å².